The zero-order valence-electron chi connectivity index (χ0n) is 17.1. The zero-order chi connectivity index (χ0) is 21.5. The van der Waals surface area contributed by atoms with Crippen molar-refractivity contribution in [2.24, 2.45) is 0 Å². The summed E-state index contributed by atoms with van der Waals surface area (Å²) < 4.78 is 5.33. The Morgan fingerprint density at radius 2 is 1.90 bits per heavy atom. The Kier molecular flexibility index (Phi) is 7.04. The van der Waals surface area contributed by atoms with Gasteiger partial charge >= 0.3 is 5.97 Å². The number of thioether (sulfide) groups is 1. The van der Waals surface area contributed by atoms with Crippen LogP contribution in [-0.4, -0.2) is 35.3 Å². The number of hydrogen-bond acceptors (Lipinski definition) is 7. The van der Waals surface area contributed by atoms with Crippen molar-refractivity contribution in [2.75, 3.05) is 24.7 Å². The molecule has 0 bridgehead atoms. The van der Waals surface area contributed by atoms with Gasteiger partial charge in [0.1, 0.15) is 24.1 Å². The highest BCUT2D eigenvalue weighted by Gasteiger charge is 2.16. The molecule has 152 valence electrons. The molecule has 0 atom stereocenters. The van der Waals surface area contributed by atoms with Gasteiger partial charge in [0, 0.05) is 5.56 Å². The van der Waals surface area contributed by atoms with Gasteiger partial charge in [0.15, 0.2) is 5.16 Å². The van der Waals surface area contributed by atoms with Gasteiger partial charge < -0.3 is 10.1 Å². The summed E-state index contributed by atoms with van der Waals surface area (Å²) in [6.07, 6.45) is 1.88. The molecule has 1 heterocycles. The van der Waals surface area contributed by atoms with Crippen molar-refractivity contribution < 1.29 is 9.53 Å². The number of carbonyl (C=O) groups is 1. The molecule has 0 unspecified atom stereocenters. The molecule has 0 aliphatic rings. The van der Waals surface area contributed by atoms with Crippen molar-refractivity contribution in [2.45, 2.75) is 19.0 Å². The molecular formula is C23H22N4O2S. The van der Waals surface area contributed by atoms with E-state index >= 15 is 0 Å². The van der Waals surface area contributed by atoms with Crippen molar-refractivity contribution in [1.29, 1.82) is 5.26 Å². The lowest BCUT2D eigenvalue weighted by atomic mass is 10.1. The lowest BCUT2D eigenvalue weighted by Gasteiger charge is -2.12. The maximum absolute atomic E-state index is 12.2. The Morgan fingerprint density at radius 3 is 2.57 bits per heavy atom. The van der Waals surface area contributed by atoms with Crippen LogP contribution in [0.5, 0.6) is 0 Å². The largest absolute Gasteiger partial charge is 0.460 e. The Labute approximate surface area is 180 Å². The first-order chi connectivity index (χ1) is 14.5. The lowest BCUT2D eigenvalue weighted by molar-refractivity contribution is 0.0520. The molecule has 0 spiro atoms. The van der Waals surface area contributed by atoms with Crippen molar-refractivity contribution >= 4 is 23.5 Å². The predicted octanol–water partition coefficient (Wildman–Crippen LogP) is 4.62. The number of ether oxygens (including phenoxy) is 1. The van der Waals surface area contributed by atoms with Gasteiger partial charge in [0.2, 0.25) is 0 Å². The van der Waals surface area contributed by atoms with Crippen molar-refractivity contribution in [1.82, 2.24) is 9.97 Å². The van der Waals surface area contributed by atoms with Crippen LogP contribution in [0.2, 0.25) is 0 Å². The van der Waals surface area contributed by atoms with E-state index in [4.69, 9.17) is 4.74 Å². The highest BCUT2D eigenvalue weighted by atomic mass is 32.2. The molecule has 1 aromatic heterocycles. The van der Waals surface area contributed by atoms with Gasteiger partial charge in [-0.05, 0) is 32.2 Å². The maximum atomic E-state index is 12.2. The fourth-order valence-corrected chi connectivity index (χ4v) is 3.22. The van der Waals surface area contributed by atoms with Crippen molar-refractivity contribution in [3.8, 4) is 17.3 Å². The summed E-state index contributed by atoms with van der Waals surface area (Å²) in [4.78, 5) is 21.1. The van der Waals surface area contributed by atoms with Gasteiger partial charge in [0.25, 0.3) is 0 Å². The fourth-order valence-electron chi connectivity index (χ4n) is 2.85. The first-order valence-corrected chi connectivity index (χ1v) is 10.6. The van der Waals surface area contributed by atoms with E-state index in [2.05, 4.69) is 21.4 Å². The van der Waals surface area contributed by atoms with Crippen LogP contribution in [0.3, 0.4) is 0 Å². The van der Waals surface area contributed by atoms with Gasteiger partial charge in [-0.25, -0.2) is 14.8 Å². The molecule has 0 saturated carbocycles. The fraction of sp³-hybridized carbons (Fsp3) is 0.217. The molecule has 7 heteroatoms. The highest BCUT2D eigenvalue weighted by molar-refractivity contribution is 7.98. The minimum Gasteiger partial charge on any atom is -0.460 e. The second-order valence-electron chi connectivity index (χ2n) is 6.69. The number of esters is 1. The van der Waals surface area contributed by atoms with Gasteiger partial charge in [-0.1, -0.05) is 59.3 Å². The third kappa shape index (κ3) is 5.16. The zero-order valence-corrected chi connectivity index (χ0v) is 17.9. The molecule has 0 aliphatic heterocycles. The summed E-state index contributed by atoms with van der Waals surface area (Å²) in [5.41, 5.74) is 4.43. The van der Waals surface area contributed by atoms with Crippen LogP contribution in [0.1, 0.15) is 27.0 Å². The lowest BCUT2D eigenvalue weighted by Crippen LogP contribution is -2.16. The molecular weight excluding hydrogens is 396 g/mol. The molecule has 6 nitrogen and oxygen atoms in total. The van der Waals surface area contributed by atoms with Gasteiger partial charge in [-0.2, -0.15) is 5.26 Å². The minimum atomic E-state index is -0.381. The predicted molar refractivity (Wildman–Crippen MR) is 119 cm³/mol. The molecule has 0 fully saturated rings. The van der Waals surface area contributed by atoms with Crippen LogP contribution in [0.15, 0.2) is 53.7 Å². The number of nitrogens with zero attached hydrogens (tertiary/aromatic N) is 3. The Morgan fingerprint density at radius 1 is 1.13 bits per heavy atom. The molecule has 3 aromatic rings. The number of benzene rings is 2. The number of nitrogens with one attached hydrogen (secondary N) is 1. The topological polar surface area (TPSA) is 87.9 Å². The standard InChI is InChI=1S/C23H22N4O2S/c1-15-7-9-17(10-8-15)20-19(14-24)21(27-23(26-20)30-3)25-11-12-29-22(28)18-6-4-5-16(2)13-18/h4-10,13H,11-12H2,1-3H3,(H,25,26,27). The third-order valence-electron chi connectivity index (χ3n) is 4.39. The van der Waals surface area contributed by atoms with Crippen molar-refractivity contribution in [3.05, 3.63) is 70.8 Å². The van der Waals surface area contributed by atoms with Crippen LogP contribution >= 0.6 is 11.8 Å². The van der Waals surface area contributed by atoms with Crippen LogP contribution in [0, 0.1) is 25.2 Å². The highest BCUT2D eigenvalue weighted by Crippen LogP contribution is 2.28. The minimum absolute atomic E-state index is 0.149. The molecule has 0 radical (unpaired) electrons. The summed E-state index contributed by atoms with van der Waals surface area (Å²) in [6.45, 7) is 4.40. The normalized spacial score (nSPS) is 10.3. The number of carbonyl (C=O) groups excluding carboxylic acids is 1. The molecule has 1 N–H and O–H groups in total. The van der Waals surface area contributed by atoms with E-state index in [-0.39, 0.29) is 12.6 Å². The van der Waals surface area contributed by atoms with Gasteiger partial charge in [-0.3, -0.25) is 0 Å². The van der Waals surface area contributed by atoms with Crippen molar-refractivity contribution in [3.63, 3.8) is 0 Å². The summed E-state index contributed by atoms with van der Waals surface area (Å²) in [7, 11) is 0. The van der Waals surface area contributed by atoms with Gasteiger partial charge in [-0.15, -0.1) is 0 Å². The molecule has 0 aliphatic carbocycles. The second-order valence-corrected chi connectivity index (χ2v) is 7.47. The number of nitriles is 1. The van der Waals surface area contributed by atoms with E-state index in [0.29, 0.717) is 34.3 Å². The Bertz CT molecular complexity index is 1090. The quantitative estimate of drug-likeness (QED) is 0.259. The van der Waals surface area contributed by atoms with E-state index in [1.54, 1.807) is 12.1 Å². The summed E-state index contributed by atoms with van der Waals surface area (Å²) in [6, 6.07) is 17.3. The first-order valence-electron chi connectivity index (χ1n) is 9.42. The SMILES string of the molecule is CSc1nc(NCCOC(=O)c2cccc(C)c2)c(C#N)c(-c2ccc(C)cc2)n1. The van der Waals surface area contributed by atoms with E-state index in [1.807, 2.05) is 56.5 Å². The molecule has 30 heavy (non-hydrogen) atoms. The van der Waals surface area contributed by atoms with Crippen LogP contribution in [0.4, 0.5) is 5.82 Å². The van der Waals surface area contributed by atoms with Crippen LogP contribution < -0.4 is 5.32 Å². The average Bonchev–Trinajstić information content (AvgIpc) is 2.76. The van der Waals surface area contributed by atoms with Gasteiger partial charge in [0.05, 0.1) is 17.8 Å². The number of rotatable bonds is 7. The number of aromatic nitrogens is 2. The Hall–Kier alpha value is -3.37. The smallest absolute Gasteiger partial charge is 0.338 e. The third-order valence-corrected chi connectivity index (χ3v) is 4.94. The molecule has 0 amide bonds. The van der Waals surface area contributed by atoms with Crippen LogP contribution in [-0.2, 0) is 4.74 Å². The van der Waals surface area contributed by atoms with E-state index in [9.17, 15) is 10.1 Å². The van der Waals surface area contributed by atoms with E-state index in [0.717, 1.165) is 16.7 Å². The molecule has 2 aromatic carbocycles. The molecule has 3 rings (SSSR count). The maximum Gasteiger partial charge on any atom is 0.338 e. The number of aryl methyl sites for hydroxylation is 2. The number of anilines is 1. The summed E-state index contributed by atoms with van der Waals surface area (Å²) in [5.74, 6) is 0.0490. The second kappa shape index (κ2) is 9.90. The Balaban J connectivity index is 1.74. The van der Waals surface area contributed by atoms with Crippen LogP contribution in [0.25, 0.3) is 11.3 Å². The first kappa shape index (κ1) is 21.3. The summed E-state index contributed by atoms with van der Waals surface area (Å²) >= 11 is 1.40. The van der Waals surface area contributed by atoms with E-state index in [1.165, 1.54) is 11.8 Å². The summed E-state index contributed by atoms with van der Waals surface area (Å²) in [5, 5.41) is 13.4. The average molecular weight is 419 g/mol. The monoisotopic (exact) mass is 418 g/mol. The number of hydrogen-bond donors (Lipinski definition) is 1. The van der Waals surface area contributed by atoms with E-state index < -0.39 is 0 Å². The molecule has 0 saturated heterocycles.